The molecule has 1 N–H and O–H groups in total. The lowest BCUT2D eigenvalue weighted by Gasteiger charge is -2.23. The fourth-order valence-corrected chi connectivity index (χ4v) is 5.63. The number of aliphatic carboxylic acids is 1. The van der Waals surface area contributed by atoms with Gasteiger partial charge in [0.05, 0.1) is 6.61 Å². The molecule has 0 saturated heterocycles. The van der Waals surface area contributed by atoms with Gasteiger partial charge >= 0.3 is 5.97 Å². The maximum Gasteiger partial charge on any atom is 0.333 e. The van der Waals surface area contributed by atoms with Crippen LogP contribution in [0.25, 0.3) is 12.2 Å². The van der Waals surface area contributed by atoms with Gasteiger partial charge in [0.1, 0.15) is 18.5 Å². The van der Waals surface area contributed by atoms with Crippen LogP contribution in [0, 0.1) is 0 Å². The van der Waals surface area contributed by atoms with E-state index in [0.717, 1.165) is 30.6 Å². The zero-order valence-electron chi connectivity index (χ0n) is 25.0. The second-order valence-electron chi connectivity index (χ2n) is 10.8. The number of carboxylic acid groups (broad SMARTS) is 1. The summed E-state index contributed by atoms with van der Waals surface area (Å²) in [6.07, 6.45) is 6.64. The van der Waals surface area contributed by atoms with Gasteiger partial charge in [-0.1, -0.05) is 97.9 Å². The number of hydrogen-bond acceptors (Lipinski definition) is 4. The minimum absolute atomic E-state index is 0.208. The first-order valence-corrected chi connectivity index (χ1v) is 15.2. The summed E-state index contributed by atoms with van der Waals surface area (Å²) in [5.41, 5.74) is 9.61. The molecule has 0 radical (unpaired) electrons. The van der Waals surface area contributed by atoms with E-state index in [4.69, 9.17) is 14.2 Å². The molecule has 5 nitrogen and oxygen atoms in total. The molecule has 4 aromatic rings. The second-order valence-corrected chi connectivity index (χ2v) is 10.8. The molecule has 0 heterocycles. The third kappa shape index (κ3) is 7.81. The van der Waals surface area contributed by atoms with Gasteiger partial charge in [-0.15, -0.1) is 0 Å². The third-order valence-corrected chi connectivity index (χ3v) is 7.93. The molecule has 2 unspecified atom stereocenters. The van der Waals surface area contributed by atoms with Gasteiger partial charge < -0.3 is 19.3 Å². The van der Waals surface area contributed by atoms with Gasteiger partial charge in [-0.2, -0.15) is 0 Å². The van der Waals surface area contributed by atoms with Crippen molar-refractivity contribution in [1.82, 2.24) is 0 Å². The smallest absolute Gasteiger partial charge is 0.333 e. The van der Waals surface area contributed by atoms with E-state index in [1.54, 1.807) is 6.92 Å². The molecule has 0 saturated carbocycles. The summed E-state index contributed by atoms with van der Waals surface area (Å²) in [5.74, 6) is -0.235. The van der Waals surface area contributed by atoms with Crippen molar-refractivity contribution in [2.75, 3.05) is 19.8 Å². The van der Waals surface area contributed by atoms with Gasteiger partial charge in [-0.25, -0.2) is 4.79 Å². The molecule has 222 valence electrons. The van der Waals surface area contributed by atoms with Crippen molar-refractivity contribution in [2.24, 2.45) is 0 Å². The molecule has 0 spiro atoms. The maximum absolute atomic E-state index is 11.4. The Morgan fingerprint density at radius 2 is 1.58 bits per heavy atom. The molecule has 4 aromatic carbocycles. The third-order valence-electron chi connectivity index (χ3n) is 7.93. The Bertz CT molecular complexity index is 1520. The van der Waals surface area contributed by atoms with Crippen molar-refractivity contribution in [3.05, 3.63) is 136 Å². The van der Waals surface area contributed by atoms with E-state index in [2.05, 4.69) is 85.8 Å². The Balaban J connectivity index is 1.29. The lowest BCUT2D eigenvalue weighted by Crippen LogP contribution is -2.26. The monoisotopic (exact) mass is 576 g/mol. The van der Waals surface area contributed by atoms with Crippen molar-refractivity contribution in [3.63, 3.8) is 0 Å². The van der Waals surface area contributed by atoms with Gasteiger partial charge in [0.15, 0.2) is 6.10 Å². The minimum atomic E-state index is -0.953. The molecular formula is C38H40O5. The van der Waals surface area contributed by atoms with Gasteiger partial charge in [0.25, 0.3) is 0 Å². The molecule has 0 aromatic heterocycles. The van der Waals surface area contributed by atoms with Gasteiger partial charge in [0.2, 0.25) is 0 Å². The van der Waals surface area contributed by atoms with Crippen LogP contribution in [0.2, 0.25) is 0 Å². The maximum atomic E-state index is 11.4. The quantitative estimate of drug-likeness (QED) is 0.156. The Kier molecular flexibility index (Phi) is 10.4. The first-order chi connectivity index (χ1) is 21.1. The Hall–Kier alpha value is -4.19. The highest BCUT2D eigenvalue weighted by Crippen LogP contribution is 2.37. The van der Waals surface area contributed by atoms with E-state index in [1.807, 2.05) is 24.3 Å². The summed E-state index contributed by atoms with van der Waals surface area (Å²) in [7, 11) is 0. The van der Waals surface area contributed by atoms with E-state index in [9.17, 15) is 9.90 Å². The topological polar surface area (TPSA) is 65.0 Å². The summed E-state index contributed by atoms with van der Waals surface area (Å²) in [6.45, 7) is 5.15. The summed E-state index contributed by atoms with van der Waals surface area (Å²) < 4.78 is 18.0. The molecule has 1 aliphatic carbocycles. The molecule has 0 amide bonds. The van der Waals surface area contributed by atoms with E-state index in [1.165, 1.54) is 38.9 Å². The molecule has 0 bridgehead atoms. The normalized spacial score (nSPS) is 14.4. The Morgan fingerprint density at radius 1 is 0.791 bits per heavy atom. The number of benzene rings is 4. The van der Waals surface area contributed by atoms with Crippen LogP contribution in [-0.2, 0) is 40.0 Å². The number of hydrogen-bond donors (Lipinski definition) is 1. The Labute approximate surface area is 254 Å². The lowest BCUT2D eigenvalue weighted by atomic mass is 9.91. The average molecular weight is 577 g/mol. The van der Waals surface area contributed by atoms with Crippen molar-refractivity contribution in [2.45, 2.75) is 51.7 Å². The Morgan fingerprint density at radius 3 is 2.33 bits per heavy atom. The highest BCUT2D eigenvalue weighted by Gasteiger charge is 2.24. The first-order valence-electron chi connectivity index (χ1n) is 15.2. The fraction of sp³-hybridized carbons (Fsp3) is 0.289. The summed E-state index contributed by atoms with van der Waals surface area (Å²) in [6, 6.07) is 31.4. The van der Waals surface area contributed by atoms with E-state index >= 15 is 0 Å². The average Bonchev–Trinajstić information content (AvgIpc) is 3.19. The van der Waals surface area contributed by atoms with E-state index in [-0.39, 0.29) is 6.10 Å². The molecule has 0 fully saturated rings. The van der Waals surface area contributed by atoms with Gasteiger partial charge in [-0.05, 0) is 82.8 Å². The van der Waals surface area contributed by atoms with Crippen molar-refractivity contribution >= 4 is 18.1 Å². The summed E-state index contributed by atoms with van der Waals surface area (Å²) in [4.78, 5) is 11.4. The number of fused-ring (bicyclic) bond motifs is 2. The minimum Gasteiger partial charge on any atom is -0.491 e. The van der Waals surface area contributed by atoms with Crippen LogP contribution in [-0.4, -0.2) is 37.0 Å². The highest BCUT2D eigenvalue weighted by atomic mass is 16.5. The second kappa shape index (κ2) is 14.8. The van der Waals surface area contributed by atoms with Gasteiger partial charge in [0, 0.05) is 13.0 Å². The van der Waals surface area contributed by atoms with Crippen LogP contribution < -0.4 is 4.74 Å². The van der Waals surface area contributed by atoms with Crippen LogP contribution in [0.3, 0.4) is 0 Å². The molecule has 1 aliphatic rings. The van der Waals surface area contributed by atoms with Crippen LogP contribution >= 0.6 is 0 Å². The molecule has 5 rings (SSSR count). The predicted molar refractivity (Wildman–Crippen MR) is 172 cm³/mol. The highest BCUT2D eigenvalue weighted by molar-refractivity contribution is 5.78. The predicted octanol–water partition coefficient (Wildman–Crippen LogP) is 7.74. The zero-order chi connectivity index (χ0) is 30.0. The van der Waals surface area contributed by atoms with Crippen LogP contribution in [0.5, 0.6) is 5.75 Å². The lowest BCUT2D eigenvalue weighted by molar-refractivity contribution is -0.149. The number of aryl methyl sites for hydroxylation is 3. The van der Waals surface area contributed by atoms with Gasteiger partial charge in [-0.3, -0.25) is 0 Å². The molecule has 5 heteroatoms. The van der Waals surface area contributed by atoms with Crippen LogP contribution in [0.4, 0.5) is 0 Å². The SMILES string of the molecule is CCOC(Cc1ccc(OCCOC2c3cc(CC)ccc3C=Cc3c(CCc4ccccc4)cccc32)cc1)C(=O)O. The fourth-order valence-electron chi connectivity index (χ4n) is 5.63. The number of carbonyl (C=O) groups is 1. The number of ether oxygens (including phenoxy) is 3. The van der Waals surface area contributed by atoms with Crippen molar-refractivity contribution in [1.29, 1.82) is 0 Å². The van der Waals surface area contributed by atoms with Crippen LogP contribution in [0.1, 0.15) is 64.5 Å². The molecule has 43 heavy (non-hydrogen) atoms. The zero-order valence-corrected chi connectivity index (χ0v) is 25.0. The molecule has 2 atom stereocenters. The molecular weight excluding hydrogens is 536 g/mol. The van der Waals surface area contributed by atoms with Crippen molar-refractivity contribution < 1.29 is 24.1 Å². The summed E-state index contributed by atoms with van der Waals surface area (Å²) >= 11 is 0. The van der Waals surface area contributed by atoms with E-state index < -0.39 is 12.1 Å². The largest absolute Gasteiger partial charge is 0.491 e. The standard InChI is InChI=1S/C38H40O5/c1-3-27-13-17-31-19-22-33-30(18-14-28-9-6-5-7-10-28)11-8-12-34(33)37(35(31)25-27)43-24-23-42-32-20-15-29(16-21-32)26-36(38(39)40)41-4-2/h5-13,15-17,19-22,25,36-37H,3-4,14,18,23-24,26H2,1-2H3,(H,39,40). The van der Waals surface area contributed by atoms with Crippen LogP contribution in [0.15, 0.2) is 91.0 Å². The van der Waals surface area contributed by atoms with E-state index in [0.29, 0.717) is 26.2 Å². The summed E-state index contributed by atoms with van der Waals surface area (Å²) in [5, 5.41) is 9.36. The first kappa shape index (κ1) is 30.3. The number of carboxylic acids is 1. The molecule has 0 aliphatic heterocycles. The number of rotatable bonds is 14. The van der Waals surface area contributed by atoms with Crippen molar-refractivity contribution in [3.8, 4) is 5.75 Å².